The van der Waals surface area contributed by atoms with Gasteiger partial charge in [-0.15, -0.1) is 0 Å². The lowest BCUT2D eigenvalue weighted by atomic mass is 10.2. The highest BCUT2D eigenvalue weighted by molar-refractivity contribution is 6.33. The quantitative estimate of drug-likeness (QED) is 0.557. The summed E-state index contributed by atoms with van der Waals surface area (Å²) in [6.45, 7) is 0. The van der Waals surface area contributed by atoms with Crippen molar-refractivity contribution in [2.24, 2.45) is 0 Å². The smallest absolute Gasteiger partial charge is 0.257 e. The number of aromatic nitrogens is 2. The molecular formula is C19H11ClFN3O2. The molecule has 0 fully saturated rings. The molecule has 0 aliphatic heterocycles. The highest BCUT2D eigenvalue weighted by Crippen LogP contribution is 2.31. The van der Waals surface area contributed by atoms with Gasteiger partial charge in [-0.2, -0.15) is 0 Å². The molecule has 1 N–H and O–H groups in total. The van der Waals surface area contributed by atoms with E-state index >= 15 is 0 Å². The Morgan fingerprint density at radius 3 is 2.81 bits per heavy atom. The standard InChI is InChI=1S/C19H11ClFN3O2/c20-15-8-12(21)3-5-14(15)19-24-16-9-13(4-6-17(16)26-19)23-18(25)11-2-1-7-22-10-11/h1-10H,(H,23,25). The van der Waals surface area contributed by atoms with Crippen molar-refractivity contribution in [2.75, 3.05) is 5.32 Å². The monoisotopic (exact) mass is 367 g/mol. The SMILES string of the molecule is O=C(Nc1ccc2oc(-c3ccc(F)cc3Cl)nc2c1)c1cccnc1. The first-order valence-electron chi connectivity index (χ1n) is 7.67. The van der Waals surface area contributed by atoms with Crippen molar-refractivity contribution in [3.05, 3.63) is 77.3 Å². The summed E-state index contributed by atoms with van der Waals surface area (Å²) < 4.78 is 18.9. The number of nitrogens with one attached hydrogen (secondary N) is 1. The van der Waals surface area contributed by atoms with Crippen LogP contribution in [0.15, 0.2) is 65.3 Å². The zero-order valence-corrected chi connectivity index (χ0v) is 14.0. The number of pyridine rings is 1. The van der Waals surface area contributed by atoms with E-state index in [1.807, 2.05) is 0 Å². The molecule has 26 heavy (non-hydrogen) atoms. The van der Waals surface area contributed by atoms with Crippen LogP contribution in [0.5, 0.6) is 0 Å². The molecule has 1 amide bonds. The Kier molecular flexibility index (Phi) is 4.10. The van der Waals surface area contributed by atoms with Crippen LogP contribution in [-0.2, 0) is 0 Å². The molecule has 5 nitrogen and oxygen atoms in total. The normalized spacial score (nSPS) is 10.8. The number of carbonyl (C=O) groups excluding carboxylic acids is 1. The largest absolute Gasteiger partial charge is 0.436 e. The van der Waals surface area contributed by atoms with Crippen LogP contribution in [0.4, 0.5) is 10.1 Å². The minimum Gasteiger partial charge on any atom is -0.436 e. The van der Waals surface area contributed by atoms with Crippen molar-refractivity contribution in [3.63, 3.8) is 0 Å². The fourth-order valence-electron chi connectivity index (χ4n) is 2.48. The number of rotatable bonds is 3. The third kappa shape index (κ3) is 3.14. The Hall–Kier alpha value is -3.25. The van der Waals surface area contributed by atoms with Gasteiger partial charge in [0, 0.05) is 18.1 Å². The van der Waals surface area contributed by atoms with Gasteiger partial charge in [-0.1, -0.05) is 11.6 Å². The van der Waals surface area contributed by atoms with Gasteiger partial charge in [0.2, 0.25) is 5.89 Å². The zero-order chi connectivity index (χ0) is 18.1. The van der Waals surface area contributed by atoms with E-state index in [4.69, 9.17) is 16.0 Å². The molecule has 4 aromatic rings. The third-order valence-electron chi connectivity index (χ3n) is 3.73. The lowest BCUT2D eigenvalue weighted by Gasteiger charge is -2.04. The topological polar surface area (TPSA) is 68.0 Å². The van der Waals surface area contributed by atoms with E-state index in [0.29, 0.717) is 27.9 Å². The number of halogens is 2. The molecule has 2 heterocycles. The number of oxazole rings is 1. The summed E-state index contributed by atoms with van der Waals surface area (Å²) in [5, 5.41) is 2.99. The molecule has 128 valence electrons. The molecule has 7 heteroatoms. The van der Waals surface area contributed by atoms with Crippen LogP contribution in [-0.4, -0.2) is 15.9 Å². The van der Waals surface area contributed by atoms with Crippen LogP contribution in [0, 0.1) is 5.82 Å². The summed E-state index contributed by atoms with van der Waals surface area (Å²) in [6.07, 6.45) is 3.08. The van der Waals surface area contributed by atoms with E-state index in [2.05, 4.69) is 15.3 Å². The average Bonchev–Trinajstić information content (AvgIpc) is 3.05. The molecule has 0 saturated heterocycles. The molecule has 0 aliphatic carbocycles. The Morgan fingerprint density at radius 1 is 1.15 bits per heavy atom. The fraction of sp³-hybridized carbons (Fsp3) is 0. The third-order valence-corrected chi connectivity index (χ3v) is 4.04. The minimum absolute atomic E-state index is 0.210. The molecule has 0 atom stereocenters. The molecule has 0 spiro atoms. The van der Waals surface area contributed by atoms with Crippen molar-refractivity contribution in [1.82, 2.24) is 9.97 Å². The van der Waals surface area contributed by atoms with Gasteiger partial charge in [0.15, 0.2) is 5.58 Å². The number of hydrogen-bond acceptors (Lipinski definition) is 4. The van der Waals surface area contributed by atoms with Crippen molar-refractivity contribution in [3.8, 4) is 11.5 Å². The van der Waals surface area contributed by atoms with Gasteiger partial charge < -0.3 is 9.73 Å². The maximum atomic E-state index is 13.2. The van der Waals surface area contributed by atoms with Gasteiger partial charge in [-0.05, 0) is 48.5 Å². The summed E-state index contributed by atoms with van der Waals surface area (Å²) in [4.78, 5) is 20.5. The first kappa shape index (κ1) is 16.2. The zero-order valence-electron chi connectivity index (χ0n) is 13.2. The number of fused-ring (bicyclic) bond motifs is 1. The number of carbonyl (C=O) groups is 1. The summed E-state index contributed by atoms with van der Waals surface area (Å²) in [5.41, 5.74) is 2.58. The second kappa shape index (κ2) is 6.57. The van der Waals surface area contributed by atoms with Gasteiger partial charge in [0.25, 0.3) is 5.91 Å². The first-order chi connectivity index (χ1) is 12.6. The average molecular weight is 368 g/mol. The second-order valence-corrected chi connectivity index (χ2v) is 5.93. The number of amides is 1. The summed E-state index contributed by atoms with van der Waals surface area (Å²) in [6, 6.07) is 12.4. The van der Waals surface area contributed by atoms with Gasteiger partial charge in [0.05, 0.1) is 16.1 Å². The molecule has 0 unspecified atom stereocenters. The Morgan fingerprint density at radius 2 is 2.04 bits per heavy atom. The van der Waals surface area contributed by atoms with E-state index in [1.165, 1.54) is 24.4 Å². The molecule has 0 radical (unpaired) electrons. The van der Waals surface area contributed by atoms with Crippen molar-refractivity contribution in [1.29, 1.82) is 0 Å². The predicted molar refractivity (Wildman–Crippen MR) is 96.6 cm³/mol. The number of nitrogens with zero attached hydrogens (tertiary/aromatic N) is 2. The van der Waals surface area contributed by atoms with E-state index in [0.717, 1.165) is 0 Å². The minimum atomic E-state index is -0.435. The van der Waals surface area contributed by atoms with Crippen LogP contribution in [0.1, 0.15) is 10.4 Å². The van der Waals surface area contributed by atoms with E-state index in [-0.39, 0.29) is 16.8 Å². The van der Waals surface area contributed by atoms with Gasteiger partial charge in [-0.25, -0.2) is 9.37 Å². The Balaban J connectivity index is 1.65. The lowest BCUT2D eigenvalue weighted by Crippen LogP contribution is -2.11. The number of anilines is 1. The highest BCUT2D eigenvalue weighted by Gasteiger charge is 2.13. The summed E-state index contributed by atoms with van der Waals surface area (Å²) in [7, 11) is 0. The highest BCUT2D eigenvalue weighted by atomic mass is 35.5. The van der Waals surface area contributed by atoms with Crippen molar-refractivity contribution >= 4 is 34.3 Å². The lowest BCUT2D eigenvalue weighted by molar-refractivity contribution is 0.102. The van der Waals surface area contributed by atoms with E-state index in [9.17, 15) is 9.18 Å². The molecule has 2 aromatic carbocycles. The molecular weight excluding hydrogens is 357 g/mol. The molecule has 4 rings (SSSR count). The van der Waals surface area contributed by atoms with E-state index in [1.54, 1.807) is 36.5 Å². The van der Waals surface area contributed by atoms with Gasteiger partial charge in [0.1, 0.15) is 11.3 Å². The molecule has 2 aromatic heterocycles. The number of benzene rings is 2. The Labute approximate surface area is 152 Å². The van der Waals surface area contributed by atoms with Crippen LogP contribution < -0.4 is 5.32 Å². The molecule has 0 bridgehead atoms. The second-order valence-electron chi connectivity index (χ2n) is 5.52. The van der Waals surface area contributed by atoms with Crippen LogP contribution in [0.25, 0.3) is 22.6 Å². The van der Waals surface area contributed by atoms with Crippen LogP contribution >= 0.6 is 11.6 Å². The van der Waals surface area contributed by atoms with Crippen molar-refractivity contribution in [2.45, 2.75) is 0 Å². The van der Waals surface area contributed by atoms with Crippen molar-refractivity contribution < 1.29 is 13.6 Å². The molecule has 0 saturated carbocycles. The Bertz CT molecular complexity index is 1110. The number of hydrogen-bond donors (Lipinski definition) is 1. The first-order valence-corrected chi connectivity index (χ1v) is 8.05. The van der Waals surface area contributed by atoms with Gasteiger partial charge >= 0.3 is 0 Å². The fourth-order valence-corrected chi connectivity index (χ4v) is 2.73. The predicted octanol–water partition coefficient (Wildman–Crippen LogP) is 4.93. The van der Waals surface area contributed by atoms with Crippen LogP contribution in [0.3, 0.4) is 0 Å². The van der Waals surface area contributed by atoms with Gasteiger partial charge in [-0.3, -0.25) is 9.78 Å². The summed E-state index contributed by atoms with van der Waals surface area (Å²) in [5.74, 6) is -0.432. The molecule has 0 aliphatic rings. The maximum Gasteiger partial charge on any atom is 0.257 e. The summed E-state index contributed by atoms with van der Waals surface area (Å²) >= 11 is 6.06. The maximum absolute atomic E-state index is 13.2. The van der Waals surface area contributed by atoms with Crippen LogP contribution in [0.2, 0.25) is 5.02 Å². The van der Waals surface area contributed by atoms with E-state index < -0.39 is 5.82 Å².